The molecule has 0 saturated heterocycles. The summed E-state index contributed by atoms with van der Waals surface area (Å²) in [4.78, 5) is 11.2. The fourth-order valence-corrected chi connectivity index (χ4v) is 2.69. The molecule has 0 aromatic carbocycles. The predicted octanol–water partition coefficient (Wildman–Crippen LogP) is 2.27. The number of hydrogen-bond acceptors (Lipinski definition) is 3. The van der Waals surface area contributed by atoms with Crippen LogP contribution in [0, 0.1) is 0 Å². The lowest BCUT2D eigenvalue weighted by molar-refractivity contribution is -0.120. The maximum Gasteiger partial charge on any atom is 0.168 e. The minimum atomic E-state index is 0.235. The third-order valence-corrected chi connectivity index (χ3v) is 3.68. The Labute approximate surface area is 84.4 Å². The number of hydrogen-bond donors (Lipinski definition) is 0. The smallest absolute Gasteiger partial charge is 0.168 e. The summed E-state index contributed by atoms with van der Waals surface area (Å²) in [6.07, 6.45) is 5.29. The standard InChI is InChI=1S/C10H18O2S/c1-2-12-7-9(11)8-13-10-5-3-4-6-10/h10H,2-8H2,1H3. The zero-order chi connectivity index (χ0) is 9.52. The summed E-state index contributed by atoms with van der Waals surface area (Å²) in [5.41, 5.74) is 0. The van der Waals surface area contributed by atoms with Gasteiger partial charge in [0.2, 0.25) is 0 Å². The van der Waals surface area contributed by atoms with Gasteiger partial charge in [0.25, 0.3) is 0 Å². The monoisotopic (exact) mass is 202 g/mol. The van der Waals surface area contributed by atoms with Crippen molar-refractivity contribution in [2.45, 2.75) is 37.9 Å². The van der Waals surface area contributed by atoms with Crippen molar-refractivity contribution < 1.29 is 9.53 Å². The molecule has 0 aromatic heterocycles. The minimum Gasteiger partial charge on any atom is -0.374 e. The lowest BCUT2D eigenvalue weighted by Gasteiger charge is -2.07. The zero-order valence-corrected chi connectivity index (χ0v) is 9.07. The maximum atomic E-state index is 11.2. The van der Waals surface area contributed by atoms with Crippen LogP contribution in [0.4, 0.5) is 0 Å². The Hall–Kier alpha value is -0.0200. The molecule has 0 heterocycles. The van der Waals surface area contributed by atoms with E-state index in [1.807, 2.05) is 18.7 Å². The molecule has 1 aliphatic carbocycles. The molecule has 0 amide bonds. The Morgan fingerprint density at radius 3 is 2.77 bits per heavy atom. The Kier molecular flexibility index (Phi) is 5.47. The highest BCUT2D eigenvalue weighted by Crippen LogP contribution is 2.29. The average Bonchev–Trinajstić information content (AvgIpc) is 2.64. The van der Waals surface area contributed by atoms with Gasteiger partial charge in [0.05, 0.1) is 5.75 Å². The fraction of sp³-hybridized carbons (Fsp3) is 0.900. The molecular formula is C10H18O2S. The van der Waals surface area contributed by atoms with Crippen molar-refractivity contribution in [3.8, 4) is 0 Å². The third kappa shape index (κ3) is 4.67. The molecule has 0 atom stereocenters. The second-order valence-electron chi connectivity index (χ2n) is 3.39. The van der Waals surface area contributed by atoms with Crippen LogP contribution in [0.15, 0.2) is 0 Å². The van der Waals surface area contributed by atoms with Gasteiger partial charge in [0.15, 0.2) is 5.78 Å². The second-order valence-corrected chi connectivity index (χ2v) is 4.68. The van der Waals surface area contributed by atoms with E-state index in [9.17, 15) is 4.79 Å². The summed E-state index contributed by atoms with van der Waals surface area (Å²) >= 11 is 1.81. The van der Waals surface area contributed by atoms with Crippen molar-refractivity contribution in [3.63, 3.8) is 0 Å². The van der Waals surface area contributed by atoms with Crippen LogP contribution in [-0.2, 0) is 9.53 Å². The summed E-state index contributed by atoms with van der Waals surface area (Å²) in [6.45, 7) is 2.85. The van der Waals surface area contributed by atoms with Crippen LogP contribution in [0.25, 0.3) is 0 Å². The predicted molar refractivity (Wildman–Crippen MR) is 56.2 cm³/mol. The highest BCUT2D eigenvalue weighted by molar-refractivity contribution is 8.00. The number of carbonyl (C=O) groups excluding carboxylic acids is 1. The number of thioether (sulfide) groups is 1. The van der Waals surface area contributed by atoms with E-state index in [4.69, 9.17) is 4.74 Å². The lowest BCUT2D eigenvalue weighted by Crippen LogP contribution is -2.12. The second kappa shape index (κ2) is 6.44. The van der Waals surface area contributed by atoms with Gasteiger partial charge in [-0.2, -0.15) is 11.8 Å². The molecule has 76 valence electrons. The number of ketones is 1. The van der Waals surface area contributed by atoms with E-state index in [1.54, 1.807) is 0 Å². The van der Waals surface area contributed by atoms with Gasteiger partial charge in [-0.05, 0) is 19.8 Å². The highest BCUT2D eigenvalue weighted by Gasteiger charge is 2.16. The molecule has 0 aromatic rings. The Morgan fingerprint density at radius 1 is 1.46 bits per heavy atom. The molecule has 0 bridgehead atoms. The van der Waals surface area contributed by atoms with Gasteiger partial charge in [0.1, 0.15) is 6.61 Å². The molecule has 1 aliphatic rings. The molecule has 3 heteroatoms. The zero-order valence-electron chi connectivity index (χ0n) is 8.25. The van der Waals surface area contributed by atoms with Gasteiger partial charge in [-0.15, -0.1) is 0 Å². The van der Waals surface area contributed by atoms with E-state index in [0.717, 1.165) is 5.25 Å². The first kappa shape index (κ1) is 11.1. The minimum absolute atomic E-state index is 0.235. The maximum absolute atomic E-state index is 11.2. The van der Waals surface area contributed by atoms with Gasteiger partial charge < -0.3 is 4.74 Å². The Balaban J connectivity index is 2.00. The molecule has 13 heavy (non-hydrogen) atoms. The van der Waals surface area contributed by atoms with Crippen molar-refractivity contribution >= 4 is 17.5 Å². The van der Waals surface area contributed by atoms with Crippen LogP contribution in [0.3, 0.4) is 0 Å². The molecule has 0 spiro atoms. The summed E-state index contributed by atoms with van der Waals surface area (Å²) in [5.74, 6) is 0.878. The molecule has 0 aliphatic heterocycles. The molecule has 0 unspecified atom stereocenters. The largest absolute Gasteiger partial charge is 0.374 e. The van der Waals surface area contributed by atoms with Crippen molar-refractivity contribution in [1.29, 1.82) is 0 Å². The van der Waals surface area contributed by atoms with Gasteiger partial charge in [0, 0.05) is 11.9 Å². The first-order valence-corrected chi connectivity index (χ1v) is 6.09. The van der Waals surface area contributed by atoms with Crippen LogP contribution >= 0.6 is 11.8 Å². The third-order valence-electron chi connectivity index (χ3n) is 2.25. The van der Waals surface area contributed by atoms with Gasteiger partial charge >= 0.3 is 0 Å². The number of carbonyl (C=O) groups is 1. The van der Waals surface area contributed by atoms with Crippen LogP contribution in [0.5, 0.6) is 0 Å². The Morgan fingerprint density at radius 2 is 2.15 bits per heavy atom. The summed E-state index contributed by atoms with van der Waals surface area (Å²) in [7, 11) is 0. The molecule has 0 radical (unpaired) electrons. The first-order valence-electron chi connectivity index (χ1n) is 5.04. The van der Waals surface area contributed by atoms with E-state index < -0.39 is 0 Å². The number of ether oxygens (including phenoxy) is 1. The van der Waals surface area contributed by atoms with Crippen LogP contribution in [-0.4, -0.2) is 30.0 Å². The van der Waals surface area contributed by atoms with E-state index in [2.05, 4.69) is 0 Å². The van der Waals surface area contributed by atoms with Gasteiger partial charge in [-0.1, -0.05) is 12.8 Å². The molecule has 1 saturated carbocycles. The SMILES string of the molecule is CCOCC(=O)CSC1CCCC1. The average molecular weight is 202 g/mol. The highest BCUT2D eigenvalue weighted by atomic mass is 32.2. The van der Waals surface area contributed by atoms with E-state index in [-0.39, 0.29) is 5.78 Å². The van der Waals surface area contributed by atoms with Crippen molar-refractivity contribution in [2.75, 3.05) is 19.0 Å². The number of rotatable bonds is 6. The number of Topliss-reactive ketones (excluding diaryl/α,β-unsaturated/α-hetero) is 1. The molecule has 2 nitrogen and oxygen atoms in total. The molecular weight excluding hydrogens is 184 g/mol. The summed E-state index contributed by atoms with van der Waals surface area (Å²) in [6, 6.07) is 0. The normalized spacial score (nSPS) is 17.9. The molecule has 0 N–H and O–H groups in total. The lowest BCUT2D eigenvalue weighted by atomic mass is 10.4. The topological polar surface area (TPSA) is 26.3 Å². The van der Waals surface area contributed by atoms with Crippen molar-refractivity contribution in [3.05, 3.63) is 0 Å². The van der Waals surface area contributed by atoms with Gasteiger partial charge in [-0.3, -0.25) is 4.79 Å². The summed E-state index contributed by atoms with van der Waals surface area (Å²) in [5, 5.41) is 0.741. The first-order chi connectivity index (χ1) is 6.33. The molecule has 1 fully saturated rings. The van der Waals surface area contributed by atoms with Crippen LogP contribution in [0.2, 0.25) is 0 Å². The van der Waals surface area contributed by atoms with Gasteiger partial charge in [-0.25, -0.2) is 0 Å². The van der Waals surface area contributed by atoms with E-state index in [1.165, 1.54) is 25.7 Å². The van der Waals surface area contributed by atoms with Crippen molar-refractivity contribution in [2.24, 2.45) is 0 Å². The fourth-order valence-electron chi connectivity index (χ4n) is 1.52. The molecule has 1 rings (SSSR count). The van der Waals surface area contributed by atoms with Crippen LogP contribution < -0.4 is 0 Å². The van der Waals surface area contributed by atoms with Crippen molar-refractivity contribution in [1.82, 2.24) is 0 Å². The quantitative estimate of drug-likeness (QED) is 0.661. The van der Waals surface area contributed by atoms with Crippen LogP contribution in [0.1, 0.15) is 32.6 Å². The van der Waals surface area contributed by atoms with E-state index >= 15 is 0 Å². The Bertz CT molecular complexity index is 153. The van der Waals surface area contributed by atoms with E-state index in [0.29, 0.717) is 19.0 Å². The summed E-state index contributed by atoms with van der Waals surface area (Å²) < 4.78 is 5.05.